The second kappa shape index (κ2) is 12.0. The molecule has 5 nitrogen and oxygen atoms in total. The van der Waals surface area contributed by atoms with Gasteiger partial charge in [0.15, 0.2) is 0 Å². The second-order valence-electron chi connectivity index (χ2n) is 10.4. The van der Waals surface area contributed by atoms with Crippen LogP contribution in [0.1, 0.15) is 0 Å². The molecule has 0 aliphatic carbocycles. The molecule has 4 aromatic carbocycles. The van der Waals surface area contributed by atoms with Crippen LogP contribution >= 0.6 is 23.5 Å². The van der Waals surface area contributed by atoms with Gasteiger partial charge in [0, 0.05) is 66.3 Å². The summed E-state index contributed by atoms with van der Waals surface area (Å²) in [4.78, 5) is 23.0. The molecule has 0 atom stereocenters. The number of hydrogen-bond acceptors (Lipinski definition) is 6. The SMILES string of the molecule is c1ccc(-c2cccc(Sc3ccc4c5ccc(Sc6cccc(-c7ccccn7)c6)cc5n(-c5ncccn5)c4c3)c2)nc1. The molecule has 4 aromatic heterocycles. The van der Waals surface area contributed by atoms with Gasteiger partial charge in [-0.25, -0.2) is 9.97 Å². The van der Waals surface area contributed by atoms with Crippen LogP contribution in [0.2, 0.25) is 0 Å². The lowest BCUT2D eigenvalue weighted by atomic mass is 10.1. The summed E-state index contributed by atoms with van der Waals surface area (Å²) >= 11 is 3.48. The maximum atomic E-state index is 4.66. The summed E-state index contributed by atoms with van der Waals surface area (Å²) < 4.78 is 2.17. The highest BCUT2D eigenvalue weighted by Gasteiger charge is 2.16. The summed E-state index contributed by atoms with van der Waals surface area (Å²) in [6, 6.07) is 44.2. The van der Waals surface area contributed by atoms with E-state index in [0.717, 1.165) is 63.9 Å². The molecule has 0 N–H and O–H groups in total. The van der Waals surface area contributed by atoms with E-state index >= 15 is 0 Å². The zero-order chi connectivity index (χ0) is 30.0. The fourth-order valence-electron chi connectivity index (χ4n) is 5.50. The second-order valence-corrected chi connectivity index (χ2v) is 12.7. The zero-order valence-corrected chi connectivity index (χ0v) is 25.6. The minimum absolute atomic E-state index is 0.649. The van der Waals surface area contributed by atoms with Crippen molar-refractivity contribution < 1.29 is 0 Å². The lowest BCUT2D eigenvalue weighted by Crippen LogP contribution is -1.99. The highest BCUT2D eigenvalue weighted by molar-refractivity contribution is 7.99. The van der Waals surface area contributed by atoms with Crippen LogP contribution in [0.5, 0.6) is 0 Å². The molecule has 0 saturated heterocycles. The largest absolute Gasteiger partial charge is 0.278 e. The van der Waals surface area contributed by atoms with Crippen molar-refractivity contribution in [1.29, 1.82) is 0 Å². The first kappa shape index (κ1) is 27.3. The lowest BCUT2D eigenvalue weighted by molar-refractivity contribution is 0.986. The highest BCUT2D eigenvalue weighted by Crippen LogP contribution is 2.39. The molecule has 0 spiro atoms. The van der Waals surface area contributed by atoms with Gasteiger partial charge in [0.25, 0.3) is 0 Å². The van der Waals surface area contributed by atoms with E-state index in [9.17, 15) is 0 Å². The molecular weight excluding hydrogens is 591 g/mol. The van der Waals surface area contributed by atoms with Crippen molar-refractivity contribution in [2.45, 2.75) is 19.6 Å². The first-order chi connectivity index (χ1) is 22.3. The zero-order valence-electron chi connectivity index (χ0n) is 24.0. The Balaban J connectivity index is 1.19. The first-order valence-corrected chi connectivity index (χ1v) is 16.2. The normalized spacial score (nSPS) is 11.3. The minimum atomic E-state index is 0.649. The van der Waals surface area contributed by atoms with Crippen molar-refractivity contribution in [2.24, 2.45) is 0 Å². The molecule has 0 fully saturated rings. The number of aromatic nitrogens is 5. The van der Waals surface area contributed by atoms with Gasteiger partial charge in [-0.05, 0) is 78.9 Å². The molecule has 214 valence electrons. The van der Waals surface area contributed by atoms with E-state index in [0.29, 0.717) is 5.95 Å². The van der Waals surface area contributed by atoms with Crippen molar-refractivity contribution in [3.8, 4) is 28.5 Å². The summed E-state index contributed by atoms with van der Waals surface area (Å²) in [6.07, 6.45) is 7.25. The number of rotatable bonds is 7. The van der Waals surface area contributed by atoms with Crippen LogP contribution in [0.3, 0.4) is 0 Å². The lowest BCUT2D eigenvalue weighted by Gasteiger charge is -2.08. The first-order valence-electron chi connectivity index (χ1n) is 14.5. The van der Waals surface area contributed by atoms with Crippen LogP contribution in [0, 0.1) is 0 Å². The van der Waals surface area contributed by atoms with Crippen molar-refractivity contribution in [3.63, 3.8) is 0 Å². The Morgan fingerprint density at radius 3 is 1.38 bits per heavy atom. The Kier molecular flexibility index (Phi) is 7.31. The molecule has 0 aliphatic heterocycles. The van der Waals surface area contributed by atoms with Gasteiger partial charge in [0.2, 0.25) is 5.95 Å². The highest BCUT2D eigenvalue weighted by atomic mass is 32.2. The quantitative estimate of drug-likeness (QED) is 0.178. The molecular formula is C38H25N5S2. The van der Waals surface area contributed by atoms with Crippen molar-refractivity contribution >= 4 is 45.3 Å². The average molecular weight is 616 g/mol. The predicted molar refractivity (Wildman–Crippen MR) is 184 cm³/mol. The van der Waals surface area contributed by atoms with Gasteiger partial charge in [0.05, 0.1) is 22.4 Å². The van der Waals surface area contributed by atoms with Crippen LogP contribution in [0.4, 0.5) is 0 Å². The Morgan fingerprint density at radius 2 is 0.889 bits per heavy atom. The number of nitrogens with zero attached hydrogens (tertiary/aromatic N) is 5. The summed E-state index contributed by atoms with van der Waals surface area (Å²) in [7, 11) is 0. The molecule has 0 bridgehead atoms. The molecule has 8 aromatic rings. The van der Waals surface area contributed by atoms with Crippen molar-refractivity contribution in [2.75, 3.05) is 0 Å². The summed E-state index contributed by atoms with van der Waals surface area (Å²) in [5.41, 5.74) is 6.28. The van der Waals surface area contributed by atoms with Gasteiger partial charge in [-0.3, -0.25) is 14.5 Å². The number of benzene rings is 4. The minimum Gasteiger partial charge on any atom is -0.278 e. The number of hydrogen-bond donors (Lipinski definition) is 0. The molecule has 0 saturated carbocycles. The van der Waals surface area contributed by atoms with E-state index in [2.05, 4.69) is 109 Å². The summed E-state index contributed by atoms with van der Waals surface area (Å²) in [5, 5.41) is 2.33. The van der Waals surface area contributed by atoms with E-state index in [-0.39, 0.29) is 0 Å². The third kappa shape index (κ3) is 5.59. The van der Waals surface area contributed by atoms with Crippen LogP contribution in [-0.4, -0.2) is 24.5 Å². The Labute approximate surface area is 269 Å². The van der Waals surface area contributed by atoms with Gasteiger partial charge < -0.3 is 0 Å². The standard InChI is InChI=1S/C38H25N5S2/c1-3-18-39-34(12-1)26-8-5-10-28(22-26)44-30-14-16-32-33-17-15-31(25-37(33)43(36(32)24-30)38-41-20-7-21-42-38)45-29-11-6-9-27(23-29)35-13-2-4-19-40-35/h1-25H. The van der Waals surface area contributed by atoms with Gasteiger partial charge in [-0.15, -0.1) is 0 Å². The van der Waals surface area contributed by atoms with E-state index in [1.165, 1.54) is 0 Å². The smallest absolute Gasteiger partial charge is 0.234 e. The Bertz CT molecular complexity index is 2130. The molecule has 45 heavy (non-hydrogen) atoms. The summed E-state index contributed by atoms with van der Waals surface area (Å²) in [5.74, 6) is 0.649. The molecule has 0 amide bonds. The van der Waals surface area contributed by atoms with Gasteiger partial charge in [-0.2, -0.15) is 0 Å². The predicted octanol–water partition coefficient (Wildman–Crippen LogP) is 10.0. The van der Waals surface area contributed by atoms with Crippen molar-refractivity contribution in [1.82, 2.24) is 24.5 Å². The van der Waals surface area contributed by atoms with E-state index in [1.807, 2.05) is 54.9 Å². The van der Waals surface area contributed by atoms with Crippen LogP contribution in [-0.2, 0) is 0 Å². The molecule has 0 unspecified atom stereocenters. The van der Waals surface area contributed by atoms with Gasteiger partial charge >= 0.3 is 0 Å². The molecule has 4 heterocycles. The Morgan fingerprint density at radius 1 is 0.400 bits per heavy atom. The monoisotopic (exact) mass is 615 g/mol. The molecule has 0 aliphatic rings. The van der Waals surface area contributed by atoms with E-state index in [4.69, 9.17) is 0 Å². The van der Waals surface area contributed by atoms with E-state index < -0.39 is 0 Å². The third-order valence-corrected chi connectivity index (χ3v) is 9.48. The van der Waals surface area contributed by atoms with Gasteiger partial charge in [0.1, 0.15) is 0 Å². The topological polar surface area (TPSA) is 56.5 Å². The van der Waals surface area contributed by atoms with Crippen molar-refractivity contribution in [3.05, 3.63) is 152 Å². The number of pyridine rings is 2. The molecule has 7 heteroatoms. The van der Waals surface area contributed by atoms with E-state index in [1.54, 1.807) is 35.9 Å². The maximum absolute atomic E-state index is 4.66. The fraction of sp³-hybridized carbons (Fsp3) is 0. The fourth-order valence-corrected chi connectivity index (χ4v) is 7.33. The van der Waals surface area contributed by atoms with Crippen LogP contribution in [0.25, 0.3) is 50.3 Å². The summed E-state index contributed by atoms with van der Waals surface area (Å²) in [6.45, 7) is 0. The third-order valence-electron chi connectivity index (χ3n) is 7.52. The van der Waals surface area contributed by atoms with Crippen LogP contribution in [0.15, 0.2) is 172 Å². The maximum Gasteiger partial charge on any atom is 0.234 e. The molecule has 8 rings (SSSR count). The van der Waals surface area contributed by atoms with Gasteiger partial charge in [-0.1, -0.05) is 72.1 Å². The van der Waals surface area contributed by atoms with Crippen LogP contribution < -0.4 is 0 Å². The Hall–Kier alpha value is -5.24. The molecule has 0 radical (unpaired) electrons. The number of fused-ring (bicyclic) bond motifs is 3. The average Bonchev–Trinajstić information content (AvgIpc) is 3.42.